The van der Waals surface area contributed by atoms with Gasteiger partial charge in [-0.2, -0.15) is 5.10 Å². The quantitative estimate of drug-likeness (QED) is 0.172. The zero-order valence-electron chi connectivity index (χ0n) is 17.3. The maximum absolute atomic E-state index is 11.1. The highest BCUT2D eigenvalue weighted by Gasteiger charge is 2.14. The molecule has 164 valence electrons. The van der Waals surface area contributed by atoms with Crippen LogP contribution in [0.5, 0.6) is 0 Å². The standard InChI is InChI=1S/C14H14N6O2.C5H8O4/c15-14(16)18-17-9-3-5-11-6-4-10-19(11)12-7-1-2-8-13(12)20(21)22;6-4(7)2-1-3-5(8)9/h1-10H,(H4,15,16,18);1-3H2,(H,6,7)(H,8,9). The third-order valence-corrected chi connectivity index (χ3v) is 3.51. The molecule has 0 aliphatic carbocycles. The lowest BCUT2D eigenvalue weighted by molar-refractivity contribution is -0.384. The lowest BCUT2D eigenvalue weighted by atomic mass is 10.2. The van der Waals surface area contributed by atoms with Crippen LogP contribution in [0.15, 0.2) is 53.8 Å². The fourth-order valence-corrected chi connectivity index (χ4v) is 2.25. The molecule has 0 fully saturated rings. The fourth-order valence-electron chi connectivity index (χ4n) is 2.25. The minimum atomic E-state index is -0.948. The maximum Gasteiger partial charge on any atom is 0.303 e. The van der Waals surface area contributed by atoms with Gasteiger partial charge in [0.15, 0.2) is 1.41 Å². The molecule has 0 aliphatic rings. The Morgan fingerprint density at radius 2 is 1.94 bits per heavy atom. The molecular weight excluding hydrogens is 408 g/mol. The highest BCUT2D eigenvalue weighted by Crippen LogP contribution is 2.24. The molecule has 0 bridgehead atoms. The molecule has 2 aromatic rings. The van der Waals surface area contributed by atoms with Crippen molar-refractivity contribution in [3.05, 3.63) is 64.5 Å². The molecule has 2 rings (SSSR count). The van der Waals surface area contributed by atoms with Crippen LogP contribution in [0.1, 0.15) is 25.0 Å². The first-order valence-corrected chi connectivity index (χ1v) is 8.84. The number of nitro benzene ring substituents is 1. The molecule has 6 N–H and O–H groups in total. The fraction of sp³-hybridized carbons (Fsp3) is 0.158. The van der Waals surface area contributed by atoms with E-state index in [1.54, 1.807) is 47.2 Å². The van der Waals surface area contributed by atoms with Gasteiger partial charge in [-0.05, 0) is 36.8 Å². The molecule has 0 aliphatic heterocycles. The summed E-state index contributed by atoms with van der Waals surface area (Å²) in [6.07, 6.45) is 6.61. The van der Waals surface area contributed by atoms with Crippen LogP contribution >= 0.6 is 0 Å². The highest BCUT2D eigenvalue weighted by molar-refractivity contribution is 5.80. The Hall–Kier alpha value is -4.48. The number of carboxylic acids is 2. The van der Waals surface area contributed by atoms with E-state index in [9.17, 15) is 19.7 Å². The molecule has 0 amide bonds. The molecule has 12 heteroatoms. The third-order valence-electron chi connectivity index (χ3n) is 3.51. The first-order chi connectivity index (χ1) is 15.3. The number of carbonyl (C=O) groups is 2. The van der Waals surface area contributed by atoms with Gasteiger partial charge < -0.3 is 20.5 Å². The molecule has 0 unspecified atom stereocenters. The number of nitro groups is 1. The molecule has 12 nitrogen and oxygen atoms in total. The topological polar surface area (TPSA) is 197 Å². The number of nitrogens with two attached hydrogens (primary N) is 1. The van der Waals surface area contributed by atoms with E-state index in [0.29, 0.717) is 5.69 Å². The summed E-state index contributed by atoms with van der Waals surface area (Å²) in [7, 11) is 0. The van der Waals surface area contributed by atoms with Gasteiger partial charge in [-0.1, -0.05) is 12.1 Å². The van der Waals surface area contributed by atoms with Gasteiger partial charge in [0, 0.05) is 37.0 Å². The molecule has 0 spiro atoms. The number of aromatic nitrogens is 1. The summed E-state index contributed by atoms with van der Waals surface area (Å²) in [5.41, 5.74) is 8.83. The number of guanidine groups is 1. The van der Waals surface area contributed by atoms with Crippen molar-refractivity contribution in [3.8, 4) is 5.69 Å². The summed E-state index contributed by atoms with van der Waals surface area (Å²) in [5, 5.41) is 33.9. The van der Waals surface area contributed by atoms with Gasteiger partial charge in [-0.3, -0.25) is 25.1 Å². The van der Waals surface area contributed by atoms with E-state index in [-0.39, 0.29) is 30.9 Å². The lowest BCUT2D eigenvalue weighted by Crippen LogP contribution is -2.25. The number of hydrogen-bond acceptors (Lipinski definition) is 6. The Bertz CT molecular complexity index is 1000. The maximum atomic E-state index is 11.1. The second kappa shape index (κ2) is 12.9. The van der Waals surface area contributed by atoms with Crippen molar-refractivity contribution < 1.29 is 26.1 Å². The minimum absolute atomic E-state index is 0.0214. The second-order valence-corrected chi connectivity index (χ2v) is 5.82. The number of aliphatic carboxylic acids is 2. The Balaban J connectivity index is 0.000000482. The average molecular weight is 430 g/mol. The van der Waals surface area contributed by atoms with Crippen molar-refractivity contribution in [3.63, 3.8) is 0 Å². The van der Waals surface area contributed by atoms with Gasteiger partial charge in [-0.15, -0.1) is 0 Å². The van der Waals surface area contributed by atoms with Gasteiger partial charge in [0.2, 0.25) is 5.96 Å². The highest BCUT2D eigenvalue weighted by atomic mass is 16.6. The molecular formula is C19H22N6O6. The molecule has 1 heterocycles. The third kappa shape index (κ3) is 9.51. The normalized spacial score (nSPS) is 11.6. The first-order valence-electron chi connectivity index (χ1n) is 9.29. The Labute approximate surface area is 178 Å². The molecule has 0 saturated carbocycles. The van der Waals surface area contributed by atoms with Crippen molar-refractivity contribution in [1.29, 1.82) is 5.40 Å². The van der Waals surface area contributed by atoms with E-state index in [1.165, 1.54) is 12.3 Å². The molecule has 0 atom stereocenters. The van der Waals surface area contributed by atoms with E-state index < -0.39 is 16.9 Å². The Morgan fingerprint density at radius 3 is 2.55 bits per heavy atom. The van der Waals surface area contributed by atoms with Crippen LogP contribution in [0.2, 0.25) is 1.41 Å². The summed E-state index contributed by atoms with van der Waals surface area (Å²) < 4.78 is 8.33. The number of nitrogens with one attached hydrogen (secondary N) is 2. The minimum Gasteiger partial charge on any atom is -0.481 e. The van der Waals surface area contributed by atoms with Crippen LogP contribution in [0.3, 0.4) is 0 Å². The first kappa shape index (κ1) is 22.8. The van der Waals surface area contributed by atoms with Crippen LogP contribution in [0, 0.1) is 15.5 Å². The van der Waals surface area contributed by atoms with Gasteiger partial charge in [0.1, 0.15) is 5.69 Å². The Morgan fingerprint density at radius 1 is 1.26 bits per heavy atom. The van der Waals surface area contributed by atoms with Crippen molar-refractivity contribution in [2.75, 3.05) is 0 Å². The van der Waals surface area contributed by atoms with E-state index in [2.05, 4.69) is 15.9 Å². The van der Waals surface area contributed by atoms with Crippen molar-refractivity contribution in [2.24, 2.45) is 10.8 Å². The van der Waals surface area contributed by atoms with Gasteiger partial charge >= 0.3 is 11.9 Å². The van der Waals surface area contributed by atoms with Gasteiger partial charge in [0.05, 0.1) is 4.92 Å². The SMILES string of the molecule is O=C(O)CCCC(=O)O.[H]/N=C(\N)NN=CC=Cc1cccn1-c1ccccc1[N+](=O)[O-]. The van der Waals surface area contributed by atoms with E-state index in [4.69, 9.17) is 17.4 Å². The van der Waals surface area contributed by atoms with Crippen LogP contribution in [-0.2, 0) is 9.59 Å². The van der Waals surface area contributed by atoms with Crippen LogP contribution in [0.4, 0.5) is 5.69 Å². The van der Waals surface area contributed by atoms with Crippen molar-refractivity contribution >= 4 is 35.9 Å². The number of benzene rings is 1. The van der Waals surface area contributed by atoms with Crippen molar-refractivity contribution in [2.45, 2.75) is 19.3 Å². The number of hydrazone groups is 1. The average Bonchev–Trinajstić information content (AvgIpc) is 3.21. The number of para-hydroxylation sites is 2. The largest absolute Gasteiger partial charge is 0.481 e. The molecule has 1 aromatic heterocycles. The molecule has 1 aromatic carbocycles. The summed E-state index contributed by atoms with van der Waals surface area (Å²) in [6, 6.07) is 10.1. The summed E-state index contributed by atoms with van der Waals surface area (Å²) in [6.45, 7) is 0. The lowest BCUT2D eigenvalue weighted by Gasteiger charge is -2.06. The number of hydrogen-bond donors (Lipinski definition) is 5. The zero-order chi connectivity index (χ0) is 23.9. The Kier molecular flexibility index (Phi) is 9.47. The number of carboxylic acid groups (broad SMARTS) is 2. The van der Waals surface area contributed by atoms with E-state index in [1.807, 2.05) is 6.07 Å². The smallest absolute Gasteiger partial charge is 0.303 e. The van der Waals surface area contributed by atoms with Gasteiger partial charge in [0.25, 0.3) is 5.69 Å². The monoisotopic (exact) mass is 430 g/mol. The van der Waals surface area contributed by atoms with Crippen LogP contribution in [0.25, 0.3) is 11.8 Å². The van der Waals surface area contributed by atoms with Crippen LogP contribution < -0.4 is 11.2 Å². The number of rotatable bonds is 9. The van der Waals surface area contributed by atoms with E-state index in [0.717, 1.165) is 5.69 Å². The molecule has 31 heavy (non-hydrogen) atoms. The number of nitrogens with zero attached hydrogens (tertiary/aromatic N) is 3. The van der Waals surface area contributed by atoms with Gasteiger partial charge in [-0.25, -0.2) is 5.43 Å². The van der Waals surface area contributed by atoms with E-state index >= 15 is 0 Å². The van der Waals surface area contributed by atoms with Crippen molar-refractivity contribution in [1.82, 2.24) is 9.99 Å². The second-order valence-electron chi connectivity index (χ2n) is 5.82. The van der Waals surface area contributed by atoms with Crippen LogP contribution in [-0.4, -0.2) is 43.8 Å². The number of allylic oxidation sites excluding steroid dienone is 1. The predicted octanol–water partition coefficient (Wildman–Crippen LogP) is 2.19. The molecule has 0 radical (unpaired) electrons. The summed E-state index contributed by atoms with van der Waals surface area (Å²) in [5.74, 6) is -2.02. The summed E-state index contributed by atoms with van der Waals surface area (Å²) >= 11 is 0. The zero-order valence-corrected chi connectivity index (χ0v) is 16.3. The molecule has 0 saturated heterocycles. The predicted molar refractivity (Wildman–Crippen MR) is 114 cm³/mol. The summed E-state index contributed by atoms with van der Waals surface area (Å²) in [4.78, 5) is 30.3.